The van der Waals surface area contributed by atoms with Crippen molar-refractivity contribution in [1.82, 2.24) is 10.1 Å². The summed E-state index contributed by atoms with van der Waals surface area (Å²) in [5.74, 6) is 3.08. The Kier molecular flexibility index (Phi) is 5.58. The van der Waals surface area contributed by atoms with Gasteiger partial charge in [-0.05, 0) is 48.6 Å². The van der Waals surface area contributed by atoms with Crippen LogP contribution in [0.4, 0.5) is 0 Å². The Balaban J connectivity index is 1.35. The number of rotatable bonds is 8. The Morgan fingerprint density at radius 3 is 2.54 bits per heavy atom. The molecule has 0 radical (unpaired) electrons. The van der Waals surface area contributed by atoms with Gasteiger partial charge in [-0.1, -0.05) is 35.8 Å². The molecule has 4 rings (SSSR count). The van der Waals surface area contributed by atoms with Crippen LogP contribution in [0.1, 0.15) is 53.6 Å². The molecule has 1 saturated carbocycles. The summed E-state index contributed by atoms with van der Waals surface area (Å²) in [5.41, 5.74) is 2.94. The molecule has 1 aliphatic rings. The summed E-state index contributed by atoms with van der Waals surface area (Å²) in [6, 6.07) is 13.4. The minimum absolute atomic E-state index is 0.00205. The van der Waals surface area contributed by atoms with E-state index in [0.717, 1.165) is 35.4 Å². The van der Waals surface area contributed by atoms with E-state index in [0.29, 0.717) is 29.8 Å². The monoisotopic (exact) mass is 380 g/mol. The average molecular weight is 380 g/mol. The number of aryl methyl sites for hydroxylation is 1. The maximum absolute atomic E-state index is 9.58. The first kappa shape index (κ1) is 18.5. The average Bonchev–Trinajstić information content (AvgIpc) is 3.12. The van der Waals surface area contributed by atoms with Gasteiger partial charge in [0.2, 0.25) is 11.7 Å². The minimum Gasteiger partial charge on any atom is -0.489 e. The molecule has 0 saturated heterocycles. The van der Waals surface area contributed by atoms with Crippen LogP contribution in [0, 0.1) is 6.92 Å². The van der Waals surface area contributed by atoms with Crippen molar-refractivity contribution in [3.8, 4) is 11.5 Å². The van der Waals surface area contributed by atoms with Crippen molar-refractivity contribution in [2.75, 3.05) is 0 Å². The highest BCUT2D eigenvalue weighted by atomic mass is 16.5. The summed E-state index contributed by atoms with van der Waals surface area (Å²) < 4.78 is 17.0. The predicted octanol–water partition coefficient (Wildman–Crippen LogP) is 4.30. The van der Waals surface area contributed by atoms with Gasteiger partial charge in [0.15, 0.2) is 6.61 Å². The van der Waals surface area contributed by atoms with Crippen molar-refractivity contribution in [2.24, 2.45) is 0 Å². The normalized spacial score (nSPS) is 13.9. The second-order valence-corrected chi connectivity index (χ2v) is 7.10. The molecule has 1 heterocycles. The Bertz CT molecular complexity index is 934. The van der Waals surface area contributed by atoms with E-state index in [4.69, 9.17) is 14.0 Å². The fraction of sp³-hybridized carbons (Fsp3) is 0.364. The van der Waals surface area contributed by atoms with Gasteiger partial charge in [0.05, 0.1) is 6.61 Å². The Morgan fingerprint density at radius 1 is 1.07 bits per heavy atom. The lowest BCUT2D eigenvalue weighted by atomic mass is 9.85. The number of aliphatic hydroxyl groups excluding tert-OH is 1. The van der Waals surface area contributed by atoms with E-state index >= 15 is 0 Å². The predicted molar refractivity (Wildman–Crippen MR) is 103 cm³/mol. The second kappa shape index (κ2) is 8.44. The smallest absolute Gasteiger partial charge is 0.229 e. The van der Waals surface area contributed by atoms with E-state index in [2.05, 4.69) is 10.1 Å². The zero-order chi connectivity index (χ0) is 19.3. The molecular weight excluding hydrogens is 356 g/mol. The van der Waals surface area contributed by atoms with Crippen LogP contribution in [-0.2, 0) is 19.8 Å². The van der Waals surface area contributed by atoms with Crippen LogP contribution in [0.25, 0.3) is 0 Å². The SMILES string of the molecule is Cc1cccc(COc2cccc(OCc3noc(C4CCC4)n3)c2)c1CO. The maximum atomic E-state index is 9.58. The Labute approximate surface area is 164 Å². The first-order chi connectivity index (χ1) is 13.7. The topological polar surface area (TPSA) is 77.6 Å². The summed E-state index contributed by atoms with van der Waals surface area (Å²) in [6.45, 7) is 2.63. The van der Waals surface area contributed by atoms with Crippen molar-refractivity contribution in [2.45, 2.75) is 51.9 Å². The number of hydrogen-bond acceptors (Lipinski definition) is 6. The van der Waals surface area contributed by atoms with Gasteiger partial charge >= 0.3 is 0 Å². The summed E-state index contributed by atoms with van der Waals surface area (Å²) in [4.78, 5) is 4.42. The largest absolute Gasteiger partial charge is 0.489 e. The Morgan fingerprint density at radius 2 is 1.82 bits per heavy atom. The van der Waals surface area contributed by atoms with Crippen molar-refractivity contribution in [1.29, 1.82) is 0 Å². The third-order valence-corrected chi connectivity index (χ3v) is 5.17. The van der Waals surface area contributed by atoms with Crippen LogP contribution in [0.2, 0.25) is 0 Å². The highest BCUT2D eigenvalue weighted by Gasteiger charge is 2.25. The van der Waals surface area contributed by atoms with Crippen LogP contribution in [0.3, 0.4) is 0 Å². The lowest BCUT2D eigenvalue weighted by Crippen LogP contribution is -2.09. The van der Waals surface area contributed by atoms with Crippen LogP contribution < -0.4 is 9.47 Å². The fourth-order valence-electron chi connectivity index (χ4n) is 3.23. The molecule has 3 aromatic rings. The molecule has 0 unspecified atom stereocenters. The van der Waals surface area contributed by atoms with Gasteiger partial charge in [0.1, 0.15) is 18.1 Å². The third-order valence-electron chi connectivity index (χ3n) is 5.17. The van der Waals surface area contributed by atoms with Crippen molar-refractivity contribution in [3.05, 3.63) is 70.9 Å². The van der Waals surface area contributed by atoms with E-state index in [1.807, 2.05) is 49.4 Å². The van der Waals surface area contributed by atoms with Gasteiger partial charge in [0.25, 0.3) is 0 Å². The zero-order valence-corrected chi connectivity index (χ0v) is 15.9. The van der Waals surface area contributed by atoms with Gasteiger partial charge < -0.3 is 19.1 Å². The first-order valence-electron chi connectivity index (χ1n) is 9.59. The maximum Gasteiger partial charge on any atom is 0.229 e. The number of ether oxygens (including phenoxy) is 2. The van der Waals surface area contributed by atoms with Gasteiger partial charge in [0, 0.05) is 12.0 Å². The molecule has 0 spiro atoms. The summed E-state index contributed by atoms with van der Waals surface area (Å²) in [7, 11) is 0. The molecule has 0 atom stereocenters. The Hall–Kier alpha value is -2.86. The summed E-state index contributed by atoms with van der Waals surface area (Å²) >= 11 is 0. The molecule has 0 aliphatic heterocycles. The summed E-state index contributed by atoms with van der Waals surface area (Å²) in [5, 5.41) is 13.6. The van der Waals surface area contributed by atoms with E-state index < -0.39 is 0 Å². The standard InChI is InChI=1S/C22H24N2O4/c1-15-5-2-8-17(20(15)12-25)13-26-18-9-4-10-19(11-18)27-14-21-23-22(28-24-21)16-6-3-7-16/h2,4-5,8-11,16,25H,3,6-7,12-14H2,1H3. The van der Waals surface area contributed by atoms with Crippen LogP contribution >= 0.6 is 0 Å². The third kappa shape index (κ3) is 4.17. The molecule has 146 valence electrons. The molecule has 1 aliphatic carbocycles. The highest BCUT2D eigenvalue weighted by Crippen LogP contribution is 2.35. The molecule has 6 heteroatoms. The van der Waals surface area contributed by atoms with Crippen LogP contribution in [0.15, 0.2) is 47.0 Å². The second-order valence-electron chi connectivity index (χ2n) is 7.10. The van der Waals surface area contributed by atoms with E-state index in [9.17, 15) is 5.11 Å². The van der Waals surface area contributed by atoms with Gasteiger partial charge in [-0.15, -0.1) is 0 Å². The molecule has 6 nitrogen and oxygen atoms in total. The lowest BCUT2D eigenvalue weighted by Gasteiger charge is -2.20. The number of aliphatic hydroxyl groups is 1. The number of benzene rings is 2. The minimum atomic E-state index is 0.00205. The molecule has 0 amide bonds. The van der Waals surface area contributed by atoms with E-state index in [-0.39, 0.29) is 13.2 Å². The molecule has 1 fully saturated rings. The quantitative estimate of drug-likeness (QED) is 0.628. The van der Waals surface area contributed by atoms with E-state index in [1.54, 1.807) is 0 Å². The molecule has 1 N–H and O–H groups in total. The van der Waals surface area contributed by atoms with Gasteiger partial charge in [-0.25, -0.2) is 0 Å². The molecule has 28 heavy (non-hydrogen) atoms. The molecular formula is C22H24N2O4. The lowest BCUT2D eigenvalue weighted by molar-refractivity contribution is 0.264. The van der Waals surface area contributed by atoms with Crippen molar-refractivity contribution in [3.63, 3.8) is 0 Å². The highest BCUT2D eigenvalue weighted by molar-refractivity contribution is 5.36. The van der Waals surface area contributed by atoms with Crippen LogP contribution in [0.5, 0.6) is 11.5 Å². The summed E-state index contributed by atoms with van der Waals surface area (Å²) in [6.07, 6.45) is 3.48. The van der Waals surface area contributed by atoms with Crippen molar-refractivity contribution < 1.29 is 19.1 Å². The molecule has 2 aromatic carbocycles. The number of hydrogen-bond donors (Lipinski definition) is 1. The zero-order valence-electron chi connectivity index (χ0n) is 15.9. The number of aromatic nitrogens is 2. The van der Waals surface area contributed by atoms with Crippen molar-refractivity contribution >= 4 is 0 Å². The molecule has 1 aromatic heterocycles. The number of nitrogens with zero attached hydrogens (tertiary/aromatic N) is 2. The molecule has 0 bridgehead atoms. The first-order valence-corrected chi connectivity index (χ1v) is 9.59. The van der Waals surface area contributed by atoms with Crippen LogP contribution in [-0.4, -0.2) is 15.2 Å². The van der Waals surface area contributed by atoms with E-state index in [1.165, 1.54) is 6.42 Å². The fourth-order valence-corrected chi connectivity index (χ4v) is 3.23. The van der Waals surface area contributed by atoms with Gasteiger partial charge in [-0.3, -0.25) is 0 Å². The van der Waals surface area contributed by atoms with Gasteiger partial charge in [-0.2, -0.15) is 4.98 Å².